The molecular weight excluding hydrogens is 244 g/mol. The predicted molar refractivity (Wildman–Crippen MR) is 78.7 cm³/mol. The van der Waals surface area contributed by atoms with Gasteiger partial charge in [-0.15, -0.1) is 0 Å². The number of benzene rings is 1. The normalized spacial score (nSPS) is 11.1. The van der Waals surface area contributed by atoms with Crippen molar-refractivity contribution >= 4 is 13.7 Å². The zero-order valence-corrected chi connectivity index (χ0v) is 12.7. The molecule has 0 radical (unpaired) electrons. The van der Waals surface area contributed by atoms with Crippen molar-refractivity contribution in [2.75, 3.05) is 20.8 Å². The molecule has 0 fully saturated rings. The Hall–Kier alpha value is -0.723. The fourth-order valence-corrected chi connectivity index (χ4v) is 4.80. The lowest BCUT2D eigenvalue weighted by atomic mass is 10.1. The van der Waals surface area contributed by atoms with Crippen LogP contribution in [-0.4, -0.2) is 29.3 Å². The third-order valence-corrected chi connectivity index (χ3v) is 6.76. The average Bonchev–Trinajstić information content (AvgIpc) is 2.40. The fourth-order valence-electron chi connectivity index (χ4n) is 2.18. The summed E-state index contributed by atoms with van der Waals surface area (Å²) < 4.78 is 11.5. The molecule has 0 heterocycles. The lowest BCUT2D eigenvalue weighted by Gasteiger charge is -2.28. The van der Waals surface area contributed by atoms with Crippen molar-refractivity contribution in [2.24, 2.45) is 5.73 Å². The largest absolute Gasteiger partial charge is 0.394 e. The maximum Gasteiger partial charge on any atom is 0.371 e. The predicted octanol–water partition coefficient (Wildman–Crippen LogP) is 1.70. The maximum atomic E-state index is 5.73. The van der Waals surface area contributed by atoms with E-state index in [1.54, 1.807) is 14.2 Å². The van der Waals surface area contributed by atoms with E-state index in [-0.39, 0.29) is 6.15 Å². The third kappa shape index (κ3) is 3.63. The average molecular weight is 270 g/mol. The van der Waals surface area contributed by atoms with Crippen molar-refractivity contribution in [1.29, 1.82) is 0 Å². The number of aryl methyl sites for hydroxylation is 1. The van der Waals surface area contributed by atoms with Crippen molar-refractivity contribution < 1.29 is 8.85 Å². The van der Waals surface area contributed by atoms with Crippen LogP contribution in [0.4, 0.5) is 0 Å². The Kier molecular flexibility index (Phi) is 8.05. The summed E-state index contributed by atoms with van der Waals surface area (Å²) in [7, 11) is 1.27. The molecule has 0 aliphatic rings. The molecule has 0 aliphatic heterocycles. The summed E-state index contributed by atoms with van der Waals surface area (Å²) in [6.07, 6.45) is 1.99. The highest BCUT2D eigenvalue weighted by Crippen LogP contribution is 2.15. The van der Waals surface area contributed by atoms with E-state index in [0.717, 1.165) is 25.4 Å². The van der Waals surface area contributed by atoms with Crippen LogP contribution in [0.2, 0.25) is 6.04 Å². The Morgan fingerprint density at radius 1 is 1.17 bits per heavy atom. The zero-order chi connectivity index (χ0) is 12.7. The Morgan fingerprint density at radius 3 is 2.28 bits per heavy atom. The van der Waals surface area contributed by atoms with Crippen molar-refractivity contribution in [3.05, 3.63) is 29.8 Å². The van der Waals surface area contributed by atoms with Gasteiger partial charge in [-0.2, -0.15) is 0 Å². The summed E-state index contributed by atoms with van der Waals surface area (Å²) in [6, 6.07) is 9.32. The van der Waals surface area contributed by atoms with Crippen LogP contribution >= 0.6 is 0 Å². The second-order valence-electron chi connectivity index (χ2n) is 4.06. The van der Waals surface area contributed by atoms with Gasteiger partial charge in [0.2, 0.25) is 0 Å². The molecule has 0 amide bonds. The van der Waals surface area contributed by atoms with Gasteiger partial charge in [-0.1, -0.05) is 31.2 Å². The lowest BCUT2D eigenvalue weighted by Crippen LogP contribution is -2.53. The van der Waals surface area contributed by atoms with Crippen molar-refractivity contribution in [2.45, 2.75) is 25.8 Å². The first-order valence-electron chi connectivity index (χ1n) is 6.12. The maximum absolute atomic E-state index is 5.73. The second-order valence-corrected chi connectivity index (χ2v) is 7.63. The fraction of sp³-hybridized carbons (Fsp3) is 0.538. The minimum absolute atomic E-state index is 0. The highest BCUT2D eigenvalue weighted by atomic mass is 28.4. The van der Waals surface area contributed by atoms with Gasteiger partial charge in [-0.3, -0.25) is 0 Å². The van der Waals surface area contributed by atoms with Crippen molar-refractivity contribution in [3.8, 4) is 0 Å². The van der Waals surface area contributed by atoms with Gasteiger partial charge >= 0.3 is 8.56 Å². The topological polar surface area (TPSA) is 79.5 Å². The first kappa shape index (κ1) is 17.3. The molecule has 0 aromatic heterocycles. The van der Waals surface area contributed by atoms with Crippen LogP contribution in [0.1, 0.15) is 18.9 Å². The summed E-state index contributed by atoms with van der Waals surface area (Å²) >= 11 is 0. The molecule has 1 rings (SSSR count). The molecule has 1 aromatic carbocycles. The Morgan fingerprint density at radius 2 is 1.78 bits per heavy atom. The summed E-state index contributed by atoms with van der Waals surface area (Å²) in [5.74, 6) is 0. The molecule has 0 spiro atoms. The molecule has 0 bridgehead atoms. The van der Waals surface area contributed by atoms with E-state index in [4.69, 9.17) is 14.6 Å². The SMILES string of the molecule is CC[Si](OC)(OC)c1ccccc1CCCN.N. The Balaban J connectivity index is 0.00000289. The summed E-state index contributed by atoms with van der Waals surface area (Å²) in [6.45, 7) is 2.84. The molecule has 0 saturated carbocycles. The van der Waals surface area contributed by atoms with Crippen LogP contribution in [0.15, 0.2) is 24.3 Å². The molecule has 0 saturated heterocycles. The number of rotatable bonds is 7. The van der Waals surface area contributed by atoms with Crippen molar-refractivity contribution in [3.63, 3.8) is 0 Å². The molecular formula is C13H26N2O2Si. The van der Waals surface area contributed by atoms with E-state index in [1.807, 2.05) is 0 Å². The van der Waals surface area contributed by atoms with E-state index in [9.17, 15) is 0 Å². The highest BCUT2D eigenvalue weighted by molar-refractivity contribution is 6.81. The van der Waals surface area contributed by atoms with Gasteiger partial charge in [0.1, 0.15) is 0 Å². The van der Waals surface area contributed by atoms with Crippen LogP contribution in [0.3, 0.4) is 0 Å². The molecule has 104 valence electrons. The highest BCUT2D eigenvalue weighted by Gasteiger charge is 2.37. The summed E-state index contributed by atoms with van der Waals surface area (Å²) in [4.78, 5) is 0. The molecule has 5 N–H and O–H groups in total. The van der Waals surface area contributed by atoms with E-state index >= 15 is 0 Å². The van der Waals surface area contributed by atoms with E-state index < -0.39 is 8.56 Å². The quantitative estimate of drug-likeness (QED) is 0.739. The van der Waals surface area contributed by atoms with Crippen molar-refractivity contribution in [1.82, 2.24) is 6.15 Å². The molecule has 0 aliphatic carbocycles. The van der Waals surface area contributed by atoms with Gasteiger partial charge in [-0.05, 0) is 36.2 Å². The minimum atomic E-state index is -2.23. The van der Waals surface area contributed by atoms with Gasteiger partial charge in [0.15, 0.2) is 0 Å². The Bertz CT molecular complexity index is 335. The van der Waals surface area contributed by atoms with Crippen LogP contribution in [0.25, 0.3) is 0 Å². The number of nitrogens with two attached hydrogens (primary N) is 1. The van der Waals surface area contributed by atoms with Gasteiger partial charge in [0.05, 0.1) is 0 Å². The van der Waals surface area contributed by atoms with Crippen LogP contribution in [0, 0.1) is 0 Å². The van der Waals surface area contributed by atoms with Gasteiger partial charge in [0, 0.05) is 14.2 Å². The lowest BCUT2D eigenvalue weighted by molar-refractivity contribution is 0.258. The van der Waals surface area contributed by atoms with E-state index in [2.05, 4.69) is 31.2 Å². The molecule has 0 atom stereocenters. The molecule has 5 heteroatoms. The van der Waals surface area contributed by atoms with Crippen LogP contribution in [0.5, 0.6) is 0 Å². The first-order valence-corrected chi connectivity index (χ1v) is 8.15. The summed E-state index contributed by atoms with van der Waals surface area (Å²) in [5.41, 5.74) is 6.90. The molecule has 4 nitrogen and oxygen atoms in total. The van der Waals surface area contributed by atoms with Crippen LogP contribution < -0.4 is 17.1 Å². The third-order valence-electron chi connectivity index (χ3n) is 3.20. The van der Waals surface area contributed by atoms with Gasteiger partial charge < -0.3 is 20.7 Å². The minimum Gasteiger partial charge on any atom is -0.394 e. The standard InChI is InChI=1S/C13H23NO2Si.H3N/c1-4-17(15-2,16-3)13-10-6-5-8-12(13)9-7-11-14;/h5-6,8,10H,4,7,9,11,14H2,1-3H3;1H3. The first-order chi connectivity index (χ1) is 8.24. The molecule has 1 aromatic rings. The van der Waals surface area contributed by atoms with Gasteiger partial charge in [-0.25, -0.2) is 0 Å². The second kappa shape index (κ2) is 8.39. The van der Waals surface area contributed by atoms with E-state index in [1.165, 1.54) is 10.8 Å². The molecule has 18 heavy (non-hydrogen) atoms. The van der Waals surface area contributed by atoms with Gasteiger partial charge in [0.25, 0.3) is 0 Å². The number of hydrogen-bond acceptors (Lipinski definition) is 4. The number of hydrogen-bond donors (Lipinski definition) is 2. The van der Waals surface area contributed by atoms with E-state index in [0.29, 0.717) is 0 Å². The smallest absolute Gasteiger partial charge is 0.371 e. The Labute approximate surface area is 111 Å². The molecule has 0 unspecified atom stereocenters. The monoisotopic (exact) mass is 270 g/mol. The summed E-state index contributed by atoms with van der Waals surface area (Å²) in [5, 5.41) is 1.25. The zero-order valence-electron chi connectivity index (χ0n) is 11.7. The van der Waals surface area contributed by atoms with Crippen LogP contribution in [-0.2, 0) is 15.3 Å².